The molecule has 2 aromatic carbocycles. The second kappa shape index (κ2) is 13.2. The van der Waals surface area contributed by atoms with Gasteiger partial charge in [0, 0.05) is 57.1 Å². The Morgan fingerprint density at radius 2 is 1.90 bits per heavy atom. The van der Waals surface area contributed by atoms with Crippen LogP contribution in [0.2, 0.25) is 0 Å². The highest BCUT2D eigenvalue weighted by atomic mass is 19.1. The Morgan fingerprint density at radius 3 is 2.66 bits per heavy atom. The molecule has 218 valence electrons. The topological polar surface area (TPSA) is 108 Å². The van der Waals surface area contributed by atoms with Crippen molar-refractivity contribution in [1.29, 1.82) is 0 Å². The highest BCUT2D eigenvalue weighted by Crippen LogP contribution is 2.26. The molecule has 2 aliphatic heterocycles. The number of carbonyl (C=O) groups is 2. The van der Waals surface area contributed by atoms with Crippen molar-refractivity contribution >= 4 is 17.6 Å². The first-order valence-corrected chi connectivity index (χ1v) is 14.1. The van der Waals surface area contributed by atoms with Gasteiger partial charge in [0.1, 0.15) is 12.5 Å². The van der Waals surface area contributed by atoms with E-state index in [4.69, 9.17) is 0 Å². The summed E-state index contributed by atoms with van der Waals surface area (Å²) in [7, 11) is 1.74. The summed E-state index contributed by atoms with van der Waals surface area (Å²) < 4.78 is 28.1. The van der Waals surface area contributed by atoms with Gasteiger partial charge in [-0.2, -0.15) is 0 Å². The molecule has 2 fully saturated rings. The standard InChI is InChI=1S/C29H36F2N8O2/c1-37-27(34-35-36-37)22-5-2-6-24(17-22)32-29(41)33-26-11-14-38(15-12-30)19-25(26)28(40)39-13-3-4-21(18-39)16-20-7-9-23(31)10-8-20/h2,5-10,17,21,25-26H,3-4,11-16,18-19H2,1H3,(H2,32,33,41)/t21?,25-,26-/m1/s1. The molecule has 0 radical (unpaired) electrons. The number of piperidine rings is 2. The first kappa shape index (κ1) is 28.6. The molecule has 2 saturated heterocycles. The van der Waals surface area contributed by atoms with E-state index in [1.165, 1.54) is 12.1 Å². The molecule has 0 saturated carbocycles. The molecule has 2 N–H and O–H groups in total. The van der Waals surface area contributed by atoms with Gasteiger partial charge in [-0.05, 0) is 71.9 Å². The summed E-state index contributed by atoms with van der Waals surface area (Å²) >= 11 is 0. The molecule has 0 aliphatic carbocycles. The van der Waals surface area contributed by atoms with Gasteiger partial charge in [0.05, 0.1) is 5.92 Å². The minimum atomic E-state index is -0.486. The Morgan fingerprint density at radius 1 is 1.07 bits per heavy atom. The van der Waals surface area contributed by atoms with Crippen molar-refractivity contribution < 1.29 is 18.4 Å². The van der Waals surface area contributed by atoms with Crippen molar-refractivity contribution in [2.45, 2.75) is 31.7 Å². The molecule has 41 heavy (non-hydrogen) atoms. The fourth-order valence-electron chi connectivity index (χ4n) is 5.93. The smallest absolute Gasteiger partial charge is 0.319 e. The molecule has 10 nitrogen and oxygen atoms in total. The number of anilines is 1. The first-order valence-electron chi connectivity index (χ1n) is 14.1. The molecule has 3 heterocycles. The number of nitrogens with zero attached hydrogens (tertiary/aromatic N) is 6. The number of benzene rings is 2. The van der Waals surface area contributed by atoms with Crippen LogP contribution in [-0.4, -0.2) is 87.4 Å². The first-order chi connectivity index (χ1) is 19.9. The van der Waals surface area contributed by atoms with E-state index in [-0.39, 0.29) is 30.2 Å². The van der Waals surface area contributed by atoms with Gasteiger partial charge in [0.25, 0.3) is 0 Å². The van der Waals surface area contributed by atoms with Crippen LogP contribution in [0.25, 0.3) is 11.4 Å². The van der Waals surface area contributed by atoms with Crippen molar-refractivity contribution in [3.63, 3.8) is 0 Å². The predicted octanol–water partition coefficient (Wildman–Crippen LogP) is 3.28. The number of hydrogen-bond donors (Lipinski definition) is 2. The fraction of sp³-hybridized carbons (Fsp3) is 0.483. The Labute approximate surface area is 238 Å². The third-order valence-corrected chi connectivity index (χ3v) is 8.00. The number of alkyl halides is 1. The number of urea groups is 1. The molecule has 0 spiro atoms. The molecule has 1 aromatic heterocycles. The van der Waals surface area contributed by atoms with E-state index in [2.05, 4.69) is 26.2 Å². The average Bonchev–Trinajstić information content (AvgIpc) is 3.41. The van der Waals surface area contributed by atoms with E-state index in [0.29, 0.717) is 44.1 Å². The Bertz CT molecular complexity index is 1330. The summed E-state index contributed by atoms with van der Waals surface area (Å²) in [6.45, 7) is 2.03. The van der Waals surface area contributed by atoms with E-state index in [1.807, 2.05) is 15.9 Å². The number of rotatable bonds is 8. The number of amides is 3. The maximum Gasteiger partial charge on any atom is 0.319 e. The zero-order valence-corrected chi connectivity index (χ0v) is 23.2. The monoisotopic (exact) mass is 566 g/mol. The molecule has 12 heteroatoms. The second-order valence-electron chi connectivity index (χ2n) is 10.9. The predicted molar refractivity (Wildman–Crippen MR) is 150 cm³/mol. The number of aromatic nitrogens is 4. The zero-order valence-electron chi connectivity index (χ0n) is 23.2. The molecule has 1 unspecified atom stereocenters. The van der Waals surface area contributed by atoms with Crippen LogP contribution in [0, 0.1) is 17.7 Å². The van der Waals surface area contributed by atoms with E-state index in [0.717, 1.165) is 30.4 Å². The maximum absolute atomic E-state index is 13.9. The van der Waals surface area contributed by atoms with Crippen LogP contribution in [0.4, 0.5) is 19.3 Å². The average molecular weight is 567 g/mol. The lowest BCUT2D eigenvalue weighted by atomic mass is 9.87. The summed E-state index contributed by atoms with van der Waals surface area (Å²) in [4.78, 5) is 30.8. The van der Waals surface area contributed by atoms with E-state index in [9.17, 15) is 18.4 Å². The lowest BCUT2D eigenvalue weighted by Gasteiger charge is -2.41. The molecule has 3 amide bonds. The van der Waals surface area contributed by atoms with Crippen LogP contribution in [0.5, 0.6) is 0 Å². The fourth-order valence-corrected chi connectivity index (χ4v) is 5.93. The van der Waals surface area contributed by atoms with E-state index < -0.39 is 18.6 Å². The third kappa shape index (κ3) is 7.24. The minimum Gasteiger partial charge on any atom is -0.342 e. The number of tetrazole rings is 1. The number of likely N-dealkylation sites (tertiary alicyclic amines) is 2. The number of carbonyl (C=O) groups excluding carboxylic acids is 2. The normalized spacial score (nSPS) is 21.4. The van der Waals surface area contributed by atoms with Gasteiger partial charge in [-0.3, -0.25) is 9.69 Å². The van der Waals surface area contributed by atoms with Crippen molar-refractivity contribution in [3.8, 4) is 11.4 Å². The zero-order chi connectivity index (χ0) is 28.8. The van der Waals surface area contributed by atoms with Crippen molar-refractivity contribution in [1.82, 2.24) is 35.3 Å². The lowest BCUT2D eigenvalue weighted by molar-refractivity contribution is -0.140. The van der Waals surface area contributed by atoms with Crippen molar-refractivity contribution in [2.75, 3.05) is 44.7 Å². The summed E-state index contributed by atoms with van der Waals surface area (Å²) in [5.74, 6) is 0.0810. The molecule has 3 atom stereocenters. The van der Waals surface area contributed by atoms with Gasteiger partial charge >= 0.3 is 6.03 Å². The SMILES string of the molecule is Cn1nnnc1-c1cccc(NC(=O)N[C@@H]2CCN(CCF)C[C@H]2C(=O)N2CCCC(Cc3ccc(F)cc3)C2)c1. The van der Waals surface area contributed by atoms with E-state index in [1.54, 1.807) is 42.1 Å². The molecule has 0 bridgehead atoms. The summed E-state index contributed by atoms with van der Waals surface area (Å²) in [6.07, 6.45) is 3.19. The third-order valence-electron chi connectivity index (χ3n) is 8.00. The molecular weight excluding hydrogens is 530 g/mol. The number of halogens is 2. The van der Waals surface area contributed by atoms with Crippen LogP contribution < -0.4 is 10.6 Å². The molecular formula is C29H36F2N8O2. The lowest BCUT2D eigenvalue weighted by Crippen LogP contribution is -2.58. The van der Waals surface area contributed by atoms with Gasteiger partial charge in [0.15, 0.2) is 5.82 Å². The van der Waals surface area contributed by atoms with Gasteiger partial charge in [-0.15, -0.1) is 5.10 Å². The minimum absolute atomic E-state index is 0.0144. The number of aryl methyl sites for hydroxylation is 1. The summed E-state index contributed by atoms with van der Waals surface area (Å²) in [6, 6.07) is 12.9. The van der Waals surface area contributed by atoms with Gasteiger partial charge < -0.3 is 15.5 Å². The Balaban J connectivity index is 1.24. The number of hydrogen-bond acceptors (Lipinski definition) is 6. The Kier molecular flexibility index (Phi) is 9.17. The number of nitrogens with one attached hydrogen (secondary N) is 2. The second-order valence-corrected chi connectivity index (χ2v) is 10.9. The van der Waals surface area contributed by atoms with Crippen LogP contribution in [0.1, 0.15) is 24.8 Å². The summed E-state index contributed by atoms with van der Waals surface area (Å²) in [5.41, 5.74) is 2.37. The van der Waals surface area contributed by atoms with Crippen molar-refractivity contribution in [2.24, 2.45) is 18.9 Å². The van der Waals surface area contributed by atoms with E-state index >= 15 is 0 Å². The van der Waals surface area contributed by atoms with Gasteiger partial charge in [-0.1, -0.05) is 24.3 Å². The van der Waals surface area contributed by atoms with Crippen LogP contribution in [-0.2, 0) is 18.3 Å². The molecule has 5 rings (SSSR count). The summed E-state index contributed by atoms with van der Waals surface area (Å²) in [5, 5.41) is 17.4. The molecule has 3 aromatic rings. The largest absolute Gasteiger partial charge is 0.342 e. The van der Waals surface area contributed by atoms with Crippen molar-refractivity contribution in [3.05, 3.63) is 59.9 Å². The van der Waals surface area contributed by atoms with Crippen LogP contribution in [0.3, 0.4) is 0 Å². The van der Waals surface area contributed by atoms with Gasteiger partial charge in [0.2, 0.25) is 5.91 Å². The van der Waals surface area contributed by atoms with Crippen LogP contribution >= 0.6 is 0 Å². The Hall–Kier alpha value is -3.93. The van der Waals surface area contributed by atoms with Gasteiger partial charge in [-0.25, -0.2) is 18.3 Å². The maximum atomic E-state index is 13.9. The highest BCUT2D eigenvalue weighted by molar-refractivity contribution is 5.91. The van der Waals surface area contributed by atoms with Crippen LogP contribution in [0.15, 0.2) is 48.5 Å². The highest BCUT2D eigenvalue weighted by Gasteiger charge is 2.38. The quantitative estimate of drug-likeness (QED) is 0.433. The molecule has 2 aliphatic rings.